The summed E-state index contributed by atoms with van der Waals surface area (Å²) in [6.07, 6.45) is 0. The highest BCUT2D eigenvalue weighted by Gasteiger charge is 2.09. The van der Waals surface area contributed by atoms with Crippen LogP contribution in [-0.2, 0) is 0 Å². The van der Waals surface area contributed by atoms with E-state index < -0.39 is 0 Å². The van der Waals surface area contributed by atoms with Gasteiger partial charge in [0.1, 0.15) is 0 Å². The van der Waals surface area contributed by atoms with Crippen molar-refractivity contribution in [1.29, 1.82) is 0 Å². The van der Waals surface area contributed by atoms with Gasteiger partial charge in [0.05, 0.1) is 10.7 Å². The van der Waals surface area contributed by atoms with Crippen LogP contribution >= 0.6 is 34.8 Å². The quantitative estimate of drug-likeness (QED) is 0.734. The molecule has 0 saturated carbocycles. The second-order valence-corrected chi connectivity index (χ2v) is 4.55. The third kappa shape index (κ3) is 2.12. The van der Waals surface area contributed by atoms with Crippen LogP contribution in [0.2, 0.25) is 15.1 Å². The first-order valence-electron chi connectivity index (χ1n) is 4.59. The molecular weight excluding hydrogens is 264 g/mol. The zero-order valence-electron chi connectivity index (χ0n) is 8.18. The molecule has 0 aliphatic rings. The first-order valence-corrected chi connectivity index (χ1v) is 5.72. The molecule has 0 aromatic heterocycles. The van der Waals surface area contributed by atoms with Crippen LogP contribution in [0.15, 0.2) is 36.4 Å². The van der Waals surface area contributed by atoms with Crippen LogP contribution in [0.5, 0.6) is 0 Å². The topological polar surface area (TPSA) is 26.0 Å². The third-order valence-electron chi connectivity index (χ3n) is 2.25. The van der Waals surface area contributed by atoms with E-state index in [0.717, 1.165) is 11.1 Å². The number of hydrogen-bond acceptors (Lipinski definition) is 1. The molecule has 0 aliphatic carbocycles. The third-order valence-corrected chi connectivity index (χ3v) is 3.21. The Labute approximate surface area is 109 Å². The van der Waals surface area contributed by atoms with E-state index >= 15 is 0 Å². The second-order valence-electron chi connectivity index (χ2n) is 3.33. The van der Waals surface area contributed by atoms with Crippen LogP contribution in [0.1, 0.15) is 0 Å². The van der Waals surface area contributed by atoms with Crippen molar-refractivity contribution in [3.8, 4) is 11.1 Å². The lowest BCUT2D eigenvalue weighted by Gasteiger charge is -2.08. The SMILES string of the molecule is Nc1ccc(-c2c(Cl)cccc2Cl)cc1Cl. The number of halogens is 3. The Morgan fingerprint density at radius 1 is 0.812 bits per heavy atom. The molecule has 2 N–H and O–H groups in total. The van der Waals surface area contributed by atoms with Gasteiger partial charge in [-0.1, -0.05) is 46.9 Å². The Kier molecular flexibility index (Phi) is 3.29. The van der Waals surface area contributed by atoms with Crippen molar-refractivity contribution in [2.45, 2.75) is 0 Å². The molecule has 4 heteroatoms. The fourth-order valence-corrected chi connectivity index (χ4v) is 2.25. The average molecular weight is 273 g/mol. The monoisotopic (exact) mass is 271 g/mol. The van der Waals surface area contributed by atoms with Gasteiger partial charge in [-0.2, -0.15) is 0 Å². The van der Waals surface area contributed by atoms with Crippen molar-refractivity contribution in [2.75, 3.05) is 5.73 Å². The van der Waals surface area contributed by atoms with Gasteiger partial charge >= 0.3 is 0 Å². The van der Waals surface area contributed by atoms with Crippen LogP contribution in [0.3, 0.4) is 0 Å². The molecule has 16 heavy (non-hydrogen) atoms. The Morgan fingerprint density at radius 3 is 2.00 bits per heavy atom. The van der Waals surface area contributed by atoms with Crippen LogP contribution in [0, 0.1) is 0 Å². The predicted octanol–water partition coefficient (Wildman–Crippen LogP) is 4.90. The van der Waals surface area contributed by atoms with Gasteiger partial charge in [0.2, 0.25) is 0 Å². The van der Waals surface area contributed by atoms with Crippen LogP contribution in [-0.4, -0.2) is 0 Å². The van der Waals surface area contributed by atoms with Gasteiger partial charge in [0.25, 0.3) is 0 Å². The standard InChI is InChI=1S/C12H8Cl3N/c13-8-2-1-3-9(14)12(8)7-4-5-11(16)10(15)6-7/h1-6H,16H2. The molecule has 0 unspecified atom stereocenters. The van der Waals surface area contributed by atoms with Crippen molar-refractivity contribution in [3.05, 3.63) is 51.5 Å². The molecule has 82 valence electrons. The zero-order chi connectivity index (χ0) is 11.7. The van der Waals surface area contributed by atoms with Crippen molar-refractivity contribution in [2.24, 2.45) is 0 Å². The number of nitrogen functional groups attached to an aromatic ring is 1. The number of rotatable bonds is 1. The smallest absolute Gasteiger partial charge is 0.0641 e. The van der Waals surface area contributed by atoms with Gasteiger partial charge < -0.3 is 5.73 Å². The maximum absolute atomic E-state index is 6.10. The Hall–Kier alpha value is -0.890. The van der Waals surface area contributed by atoms with Crippen molar-refractivity contribution in [3.63, 3.8) is 0 Å². The maximum Gasteiger partial charge on any atom is 0.0641 e. The number of hydrogen-bond donors (Lipinski definition) is 1. The molecule has 2 aromatic carbocycles. The second kappa shape index (κ2) is 4.54. The first-order chi connectivity index (χ1) is 7.59. The molecule has 0 atom stereocenters. The lowest BCUT2D eigenvalue weighted by molar-refractivity contribution is 1.61. The summed E-state index contributed by atoms with van der Waals surface area (Å²) >= 11 is 18.2. The van der Waals surface area contributed by atoms with E-state index in [1.807, 2.05) is 6.07 Å². The van der Waals surface area contributed by atoms with Crippen molar-refractivity contribution < 1.29 is 0 Å². The van der Waals surface area contributed by atoms with E-state index in [0.29, 0.717) is 20.8 Å². The predicted molar refractivity (Wildman–Crippen MR) is 71.3 cm³/mol. The summed E-state index contributed by atoms with van der Waals surface area (Å²) in [5, 5.41) is 1.68. The minimum Gasteiger partial charge on any atom is -0.398 e. The largest absolute Gasteiger partial charge is 0.398 e. The molecule has 0 bridgehead atoms. The Bertz CT molecular complexity index is 518. The molecule has 2 aromatic rings. The lowest BCUT2D eigenvalue weighted by Crippen LogP contribution is -1.87. The summed E-state index contributed by atoms with van der Waals surface area (Å²) in [7, 11) is 0. The molecule has 0 amide bonds. The molecule has 0 radical (unpaired) electrons. The summed E-state index contributed by atoms with van der Waals surface area (Å²) in [4.78, 5) is 0. The first kappa shape index (κ1) is 11.6. The number of anilines is 1. The van der Waals surface area contributed by atoms with Crippen LogP contribution in [0.25, 0.3) is 11.1 Å². The van der Waals surface area contributed by atoms with Gasteiger partial charge in [-0.3, -0.25) is 0 Å². The van der Waals surface area contributed by atoms with E-state index in [9.17, 15) is 0 Å². The summed E-state index contributed by atoms with van der Waals surface area (Å²) in [5.74, 6) is 0. The Balaban J connectivity index is 2.63. The number of benzene rings is 2. The average Bonchev–Trinajstić information content (AvgIpc) is 2.23. The molecule has 0 spiro atoms. The van der Waals surface area contributed by atoms with Crippen molar-refractivity contribution in [1.82, 2.24) is 0 Å². The molecule has 2 rings (SSSR count). The highest BCUT2D eigenvalue weighted by molar-refractivity contribution is 6.39. The van der Waals surface area contributed by atoms with Gasteiger partial charge in [0, 0.05) is 15.6 Å². The molecule has 1 nitrogen and oxygen atoms in total. The molecule has 0 aliphatic heterocycles. The summed E-state index contributed by atoms with van der Waals surface area (Å²) in [5.41, 5.74) is 7.81. The maximum atomic E-state index is 6.10. The molecule has 0 saturated heterocycles. The lowest BCUT2D eigenvalue weighted by atomic mass is 10.1. The van der Waals surface area contributed by atoms with E-state index in [1.165, 1.54) is 0 Å². The fourth-order valence-electron chi connectivity index (χ4n) is 1.46. The molecule has 0 heterocycles. The minimum atomic E-state index is 0.494. The zero-order valence-corrected chi connectivity index (χ0v) is 10.4. The number of nitrogens with two attached hydrogens (primary N) is 1. The van der Waals surface area contributed by atoms with Gasteiger partial charge in [-0.25, -0.2) is 0 Å². The van der Waals surface area contributed by atoms with Gasteiger partial charge in [0.15, 0.2) is 0 Å². The normalized spacial score (nSPS) is 10.4. The van der Waals surface area contributed by atoms with E-state index in [-0.39, 0.29) is 0 Å². The fraction of sp³-hybridized carbons (Fsp3) is 0. The Morgan fingerprint density at radius 2 is 1.44 bits per heavy atom. The van der Waals surface area contributed by atoms with E-state index in [1.54, 1.807) is 30.3 Å². The van der Waals surface area contributed by atoms with Crippen LogP contribution in [0.4, 0.5) is 5.69 Å². The van der Waals surface area contributed by atoms with E-state index in [4.69, 9.17) is 40.5 Å². The van der Waals surface area contributed by atoms with Gasteiger partial charge in [-0.15, -0.1) is 0 Å². The van der Waals surface area contributed by atoms with Crippen molar-refractivity contribution >= 4 is 40.5 Å². The summed E-state index contributed by atoms with van der Waals surface area (Å²) in [6.45, 7) is 0. The summed E-state index contributed by atoms with van der Waals surface area (Å²) < 4.78 is 0. The van der Waals surface area contributed by atoms with Crippen LogP contribution < -0.4 is 5.73 Å². The minimum absolute atomic E-state index is 0.494. The van der Waals surface area contributed by atoms with E-state index in [2.05, 4.69) is 0 Å². The highest BCUT2D eigenvalue weighted by Crippen LogP contribution is 2.36. The van der Waals surface area contributed by atoms with Gasteiger partial charge in [-0.05, 0) is 29.8 Å². The summed E-state index contributed by atoms with van der Waals surface area (Å²) in [6, 6.07) is 10.7. The highest BCUT2D eigenvalue weighted by atomic mass is 35.5. The molecule has 0 fully saturated rings. The molecular formula is C12H8Cl3N.